The van der Waals surface area contributed by atoms with Crippen LogP contribution in [-0.4, -0.2) is 50.9 Å². The molecule has 3 aromatic heterocycles. The van der Waals surface area contributed by atoms with Gasteiger partial charge in [-0.05, 0) is 36.2 Å². The van der Waals surface area contributed by atoms with Crippen LogP contribution < -0.4 is 4.74 Å². The number of methoxy groups -OCH3 is 1. The van der Waals surface area contributed by atoms with Gasteiger partial charge in [0.25, 0.3) is 5.91 Å². The lowest BCUT2D eigenvalue weighted by atomic mass is 9.97. The fourth-order valence-corrected chi connectivity index (χ4v) is 3.31. The molecule has 0 bridgehead atoms. The molecule has 3 aromatic rings. The van der Waals surface area contributed by atoms with Crippen molar-refractivity contribution < 1.29 is 9.53 Å². The third kappa shape index (κ3) is 3.62. The molecule has 27 heavy (non-hydrogen) atoms. The third-order valence-electron chi connectivity index (χ3n) is 4.76. The summed E-state index contributed by atoms with van der Waals surface area (Å²) < 4.78 is 4.94. The van der Waals surface area contributed by atoms with Gasteiger partial charge in [0.2, 0.25) is 0 Å². The van der Waals surface area contributed by atoms with E-state index in [0.717, 1.165) is 17.7 Å². The van der Waals surface area contributed by atoms with Crippen molar-refractivity contribution in [1.82, 2.24) is 24.8 Å². The number of amides is 1. The molecular formula is C20H19N5O2. The van der Waals surface area contributed by atoms with Gasteiger partial charge in [0.1, 0.15) is 0 Å². The summed E-state index contributed by atoms with van der Waals surface area (Å²) in [6.07, 6.45) is 9.29. The van der Waals surface area contributed by atoms with Crippen LogP contribution in [0.3, 0.4) is 0 Å². The largest absolute Gasteiger partial charge is 0.467 e. The first-order chi connectivity index (χ1) is 13.2. The second-order valence-electron chi connectivity index (χ2n) is 6.41. The fraction of sp³-hybridized carbons (Fsp3) is 0.250. The number of hydrogen-bond acceptors (Lipinski definition) is 6. The van der Waals surface area contributed by atoms with Gasteiger partial charge in [0, 0.05) is 55.6 Å². The standard InChI is InChI=1S/C20H19N5O2/c1-27-20-23-11-17(12-24-20)19(26)25-9-5-16(13-25)15-4-8-22-18(10-15)14-2-6-21-7-3-14/h2-4,6-8,10-12,16H,5,9,13H2,1H3/t16-/m0/s1. The van der Waals surface area contributed by atoms with Gasteiger partial charge < -0.3 is 9.64 Å². The molecule has 1 saturated heterocycles. The molecule has 0 radical (unpaired) electrons. The lowest BCUT2D eigenvalue weighted by molar-refractivity contribution is 0.0789. The summed E-state index contributed by atoms with van der Waals surface area (Å²) in [6, 6.07) is 8.27. The van der Waals surface area contributed by atoms with Gasteiger partial charge in [-0.1, -0.05) is 0 Å². The first-order valence-electron chi connectivity index (χ1n) is 8.76. The van der Waals surface area contributed by atoms with E-state index >= 15 is 0 Å². The van der Waals surface area contributed by atoms with Gasteiger partial charge in [0.05, 0.1) is 18.4 Å². The van der Waals surface area contributed by atoms with Gasteiger partial charge in [-0.3, -0.25) is 14.8 Å². The molecule has 4 heterocycles. The lowest BCUT2D eigenvalue weighted by Crippen LogP contribution is -2.28. The van der Waals surface area contributed by atoms with Crippen LogP contribution in [-0.2, 0) is 0 Å². The smallest absolute Gasteiger partial charge is 0.316 e. The Morgan fingerprint density at radius 3 is 2.63 bits per heavy atom. The molecule has 7 heteroatoms. The molecule has 1 fully saturated rings. The Balaban J connectivity index is 1.48. The van der Waals surface area contributed by atoms with E-state index in [1.807, 2.05) is 29.3 Å². The second-order valence-corrected chi connectivity index (χ2v) is 6.41. The highest BCUT2D eigenvalue weighted by Gasteiger charge is 2.28. The van der Waals surface area contributed by atoms with E-state index < -0.39 is 0 Å². The maximum absolute atomic E-state index is 12.7. The van der Waals surface area contributed by atoms with Crippen molar-refractivity contribution in [2.45, 2.75) is 12.3 Å². The van der Waals surface area contributed by atoms with Crippen LogP contribution in [0.5, 0.6) is 6.01 Å². The van der Waals surface area contributed by atoms with E-state index in [4.69, 9.17) is 4.74 Å². The van der Waals surface area contributed by atoms with Gasteiger partial charge in [-0.25, -0.2) is 9.97 Å². The number of hydrogen-bond donors (Lipinski definition) is 0. The Bertz CT molecular complexity index is 931. The molecule has 1 aliphatic heterocycles. The number of likely N-dealkylation sites (tertiary alicyclic amines) is 1. The normalized spacial score (nSPS) is 16.3. The molecular weight excluding hydrogens is 342 g/mol. The number of carbonyl (C=O) groups is 1. The van der Waals surface area contributed by atoms with Crippen LogP contribution in [0.4, 0.5) is 0 Å². The minimum absolute atomic E-state index is 0.0523. The van der Waals surface area contributed by atoms with Crippen LogP contribution in [0, 0.1) is 0 Å². The number of nitrogens with zero attached hydrogens (tertiary/aromatic N) is 5. The van der Waals surface area contributed by atoms with Gasteiger partial charge in [-0.15, -0.1) is 0 Å². The minimum atomic E-state index is -0.0523. The van der Waals surface area contributed by atoms with Crippen LogP contribution >= 0.6 is 0 Å². The van der Waals surface area contributed by atoms with E-state index in [1.165, 1.54) is 25.1 Å². The maximum atomic E-state index is 12.7. The average Bonchev–Trinajstić information content (AvgIpc) is 3.24. The Kier molecular flexibility index (Phi) is 4.74. The van der Waals surface area contributed by atoms with E-state index in [0.29, 0.717) is 18.7 Å². The van der Waals surface area contributed by atoms with E-state index in [9.17, 15) is 4.79 Å². The monoisotopic (exact) mass is 361 g/mol. The van der Waals surface area contributed by atoms with Crippen molar-refractivity contribution in [3.63, 3.8) is 0 Å². The zero-order valence-corrected chi connectivity index (χ0v) is 14.9. The Morgan fingerprint density at radius 2 is 1.89 bits per heavy atom. The Morgan fingerprint density at radius 1 is 1.11 bits per heavy atom. The summed E-state index contributed by atoms with van der Waals surface area (Å²) in [5.74, 6) is 0.236. The molecule has 0 N–H and O–H groups in total. The average molecular weight is 361 g/mol. The van der Waals surface area contributed by atoms with Crippen molar-refractivity contribution in [1.29, 1.82) is 0 Å². The predicted molar refractivity (Wildman–Crippen MR) is 99.3 cm³/mol. The molecule has 0 aliphatic carbocycles. The molecule has 1 atom stereocenters. The minimum Gasteiger partial charge on any atom is -0.467 e. The van der Waals surface area contributed by atoms with Crippen molar-refractivity contribution in [2.24, 2.45) is 0 Å². The number of ether oxygens (including phenoxy) is 1. The summed E-state index contributed by atoms with van der Waals surface area (Å²) >= 11 is 0. The molecule has 7 nitrogen and oxygen atoms in total. The summed E-state index contributed by atoms with van der Waals surface area (Å²) in [7, 11) is 1.50. The maximum Gasteiger partial charge on any atom is 0.316 e. The first-order valence-corrected chi connectivity index (χ1v) is 8.76. The van der Waals surface area contributed by atoms with Gasteiger partial charge >= 0.3 is 6.01 Å². The number of pyridine rings is 2. The van der Waals surface area contributed by atoms with Crippen LogP contribution in [0.25, 0.3) is 11.3 Å². The van der Waals surface area contributed by atoms with Gasteiger partial charge in [-0.2, -0.15) is 0 Å². The van der Waals surface area contributed by atoms with Crippen molar-refractivity contribution in [3.8, 4) is 17.3 Å². The van der Waals surface area contributed by atoms with Gasteiger partial charge in [0.15, 0.2) is 0 Å². The Hall–Kier alpha value is -3.35. The highest BCUT2D eigenvalue weighted by Crippen LogP contribution is 2.30. The molecule has 0 unspecified atom stereocenters. The van der Waals surface area contributed by atoms with E-state index in [1.54, 1.807) is 12.4 Å². The summed E-state index contributed by atoms with van der Waals surface area (Å²) in [5, 5.41) is 0. The van der Waals surface area contributed by atoms with Crippen LogP contribution in [0.1, 0.15) is 28.3 Å². The Labute approximate surface area is 157 Å². The highest BCUT2D eigenvalue weighted by molar-refractivity contribution is 5.93. The van der Waals surface area contributed by atoms with Crippen LogP contribution in [0.15, 0.2) is 55.2 Å². The molecule has 1 aliphatic rings. The van der Waals surface area contributed by atoms with E-state index in [-0.39, 0.29) is 17.8 Å². The molecule has 136 valence electrons. The number of aromatic nitrogens is 4. The first kappa shape index (κ1) is 17.1. The highest BCUT2D eigenvalue weighted by atomic mass is 16.5. The molecule has 0 spiro atoms. The van der Waals surface area contributed by atoms with Crippen molar-refractivity contribution in [2.75, 3.05) is 20.2 Å². The quantitative estimate of drug-likeness (QED) is 0.710. The molecule has 0 aromatic carbocycles. The molecule has 0 saturated carbocycles. The van der Waals surface area contributed by atoms with Crippen molar-refractivity contribution in [3.05, 3.63) is 66.4 Å². The number of rotatable bonds is 4. The topological polar surface area (TPSA) is 81.1 Å². The predicted octanol–water partition coefficient (Wildman–Crippen LogP) is 2.57. The lowest BCUT2D eigenvalue weighted by Gasteiger charge is -2.17. The third-order valence-corrected chi connectivity index (χ3v) is 4.76. The van der Waals surface area contributed by atoms with Crippen LogP contribution in [0.2, 0.25) is 0 Å². The molecule has 4 rings (SSSR count). The summed E-state index contributed by atoms with van der Waals surface area (Å²) in [4.78, 5) is 31.1. The van der Waals surface area contributed by atoms with E-state index in [2.05, 4.69) is 26.0 Å². The SMILES string of the molecule is COc1ncc(C(=O)N2CC[C@H](c3ccnc(-c4ccncc4)c3)C2)cn1. The second kappa shape index (κ2) is 7.49. The zero-order valence-electron chi connectivity index (χ0n) is 14.9. The zero-order chi connectivity index (χ0) is 18.6. The van der Waals surface area contributed by atoms with Crippen molar-refractivity contribution >= 4 is 5.91 Å². The summed E-state index contributed by atoms with van der Waals surface area (Å²) in [5.41, 5.74) is 3.62. The summed E-state index contributed by atoms with van der Waals surface area (Å²) in [6.45, 7) is 1.38. The number of carbonyl (C=O) groups excluding carboxylic acids is 1. The fourth-order valence-electron chi connectivity index (χ4n) is 3.31. The molecule has 1 amide bonds.